The van der Waals surface area contributed by atoms with Gasteiger partial charge < -0.3 is 19.9 Å². The van der Waals surface area contributed by atoms with Gasteiger partial charge in [0.2, 0.25) is 0 Å². The van der Waals surface area contributed by atoms with E-state index in [1.165, 1.54) is 25.7 Å². The third-order valence-electron chi connectivity index (χ3n) is 4.80. The molecule has 0 aromatic rings. The predicted octanol–water partition coefficient (Wildman–Crippen LogP) is 1.92. The first-order valence-corrected chi connectivity index (χ1v) is 8.45. The fraction of sp³-hybridized carbons (Fsp3) is 0.875. The van der Waals surface area contributed by atoms with Crippen LogP contribution in [0.1, 0.15) is 39.5 Å². The molecule has 1 aliphatic carbocycles. The molecule has 0 bridgehead atoms. The molecule has 0 aromatic carbocycles. The number of rotatable bonds is 3. The highest BCUT2D eigenvalue weighted by atomic mass is 16.6. The van der Waals surface area contributed by atoms with Crippen molar-refractivity contribution < 1.29 is 9.53 Å². The highest BCUT2D eigenvalue weighted by molar-refractivity contribution is 5.80. The lowest BCUT2D eigenvalue weighted by atomic mass is 9.89. The highest BCUT2D eigenvalue weighted by Crippen LogP contribution is 2.36. The van der Waals surface area contributed by atoms with Crippen LogP contribution in [0.2, 0.25) is 0 Å². The number of carbonyl (C=O) groups excluding carboxylic acids is 1. The number of guanidine groups is 1. The monoisotopic (exact) mass is 310 g/mol. The van der Waals surface area contributed by atoms with Crippen molar-refractivity contribution in [1.82, 2.24) is 15.1 Å². The average molecular weight is 310 g/mol. The second kappa shape index (κ2) is 7.70. The first kappa shape index (κ1) is 16.9. The van der Waals surface area contributed by atoms with Crippen molar-refractivity contribution in [1.29, 1.82) is 0 Å². The quantitative estimate of drug-likeness (QED) is 0.639. The zero-order valence-corrected chi connectivity index (χ0v) is 14.2. The lowest BCUT2D eigenvalue weighted by Crippen LogP contribution is -2.54. The van der Waals surface area contributed by atoms with Crippen LogP contribution in [0.15, 0.2) is 4.99 Å². The highest BCUT2D eigenvalue weighted by Gasteiger charge is 2.30. The van der Waals surface area contributed by atoms with Gasteiger partial charge in [-0.3, -0.25) is 4.99 Å². The molecule has 6 nitrogen and oxygen atoms in total. The van der Waals surface area contributed by atoms with E-state index in [1.54, 1.807) is 4.90 Å². The summed E-state index contributed by atoms with van der Waals surface area (Å²) >= 11 is 0. The third kappa shape index (κ3) is 4.27. The van der Waals surface area contributed by atoms with Crippen molar-refractivity contribution in [3.05, 3.63) is 0 Å². The Kier molecular flexibility index (Phi) is 5.91. The summed E-state index contributed by atoms with van der Waals surface area (Å²) in [5.41, 5.74) is 0.405. The minimum atomic E-state index is -0.205. The Morgan fingerprint density at radius 2 is 1.77 bits per heavy atom. The molecule has 0 unspecified atom stereocenters. The average Bonchev–Trinajstić information content (AvgIpc) is 2.96. The summed E-state index contributed by atoms with van der Waals surface area (Å²) in [4.78, 5) is 20.1. The number of hydrogen-bond donors (Lipinski definition) is 1. The summed E-state index contributed by atoms with van der Waals surface area (Å²) < 4.78 is 5.05. The molecular weight excluding hydrogens is 280 g/mol. The van der Waals surface area contributed by atoms with Gasteiger partial charge in [0.1, 0.15) is 0 Å². The normalized spacial score (nSPS) is 21.9. The van der Waals surface area contributed by atoms with E-state index in [1.807, 2.05) is 14.0 Å². The number of amides is 1. The molecule has 0 radical (unpaired) electrons. The van der Waals surface area contributed by atoms with E-state index < -0.39 is 0 Å². The zero-order valence-electron chi connectivity index (χ0n) is 14.2. The molecule has 2 fully saturated rings. The van der Waals surface area contributed by atoms with Crippen LogP contribution in [0.4, 0.5) is 4.79 Å². The topological polar surface area (TPSA) is 57.2 Å². The van der Waals surface area contributed by atoms with Crippen molar-refractivity contribution in [2.75, 3.05) is 46.4 Å². The minimum absolute atomic E-state index is 0.205. The molecule has 0 atom stereocenters. The Morgan fingerprint density at radius 1 is 1.18 bits per heavy atom. The fourth-order valence-electron chi connectivity index (χ4n) is 3.35. The number of hydrogen-bond acceptors (Lipinski definition) is 3. The van der Waals surface area contributed by atoms with E-state index in [4.69, 9.17) is 4.74 Å². The smallest absolute Gasteiger partial charge is 0.409 e. The number of nitrogens with one attached hydrogen (secondary N) is 1. The van der Waals surface area contributed by atoms with Crippen LogP contribution in [0.25, 0.3) is 0 Å². The van der Waals surface area contributed by atoms with Gasteiger partial charge in [-0.1, -0.05) is 19.8 Å². The molecule has 22 heavy (non-hydrogen) atoms. The number of piperazine rings is 1. The van der Waals surface area contributed by atoms with Gasteiger partial charge in [0, 0.05) is 39.8 Å². The van der Waals surface area contributed by atoms with Gasteiger partial charge in [-0.05, 0) is 25.2 Å². The van der Waals surface area contributed by atoms with Gasteiger partial charge in [0.05, 0.1) is 6.61 Å². The van der Waals surface area contributed by atoms with Crippen molar-refractivity contribution in [2.45, 2.75) is 39.5 Å². The molecule has 2 rings (SSSR count). The molecule has 1 saturated carbocycles. The molecule has 1 saturated heterocycles. The number of aliphatic imine (C=N–C) groups is 1. The molecule has 126 valence electrons. The summed E-state index contributed by atoms with van der Waals surface area (Å²) in [6.07, 6.45) is 5.08. The number of ether oxygens (including phenoxy) is 1. The lowest BCUT2D eigenvalue weighted by molar-refractivity contribution is 0.0913. The minimum Gasteiger partial charge on any atom is -0.450 e. The van der Waals surface area contributed by atoms with Crippen molar-refractivity contribution >= 4 is 12.1 Å². The van der Waals surface area contributed by atoms with Gasteiger partial charge in [-0.15, -0.1) is 0 Å². The summed E-state index contributed by atoms with van der Waals surface area (Å²) in [7, 11) is 1.83. The summed E-state index contributed by atoms with van der Waals surface area (Å²) in [6, 6.07) is 0. The Bertz CT molecular complexity index is 397. The molecule has 2 aliphatic rings. The summed E-state index contributed by atoms with van der Waals surface area (Å²) in [6.45, 7) is 8.60. The molecule has 1 aliphatic heterocycles. The first-order chi connectivity index (χ1) is 10.6. The van der Waals surface area contributed by atoms with E-state index >= 15 is 0 Å². The maximum Gasteiger partial charge on any atom is 0.409 e. The van der Waals surface area contributed by atoms with E-state index in [0.29, 0.717) is 25.1 Å². The molecule has 6 heteroatoms. The van der Waals surface area contributed by atoms with E-state index in [0.717, 1.165) is 25.6 Å². The van der Waals surface area contributed by atoms with E-state index in [9.17, 15) is 4.79 Å². The van der Waals surface area contributed by atoms with Crippen LogP contribution >= 0.6 is 0 Å². The Morgan fingerprint density at radius 3 is 2.32 bits per heavy atom. The standard InChI is InChI=1S/C16H30N4O2/c1-4-22-15(21)20-11-9-19(10-12-20)14(17-3)18-13-16(2)7-5-6-8-16/h4-13H2,1-3H3,(H,17,18). The molecule has 0 spiro atoms. The fourth-order valence-corrected chi connectivity index (χ4v) is 3.35. The molecule has 1 heterocycles. The molecule has 0 aromatic heterocycles. The van der Waals surface area contributed by atoms with Gasteiger partial charge >= 0.3 is 6.09 Å². The van der Waals surface area contributed by atoms with Crippen LogP contribution in [-0.2, 0) is 4.74 Å². The Hall–Kier alpha value is -1.46. The second-order valence-electron chi connectivity index (χ2n) is 6.59. The van der Waals surface area contributed by atoms with Crippen LogP contribution < -0.4 is 5.32 Å². The van der Waals surface area contributed by atoms with E-state index in [2.05, 4.69) is 22.1 Å². The van der Waals surface area contributed by atoms with Crippen LogP contribution in [0.3, 0.4) is 0 Å². The zero-order chi connectivity index (χ0) is 16.0. The largest absolute Gasteiger partial charge is 0.450 e. The summed E-state index contributed by atoms with van der Waals surface area (Å²) in [5.74, 6) is 0.955. The second-order valence-corrected chi connectivity index (χ2v) is 6.59. The third-order valence-corrected chi connectivity index (χ3v) is 4.80. The van der Waals surface area contributed by atoms with E-state index in [-0.39, 0.29) is 6.09 Å². The van der Waals surface area contributed by atoms with Crippen molar-refractivity contribution in [2.24, 2.45) is 10.4 Å². The van der Waals surface area contributed by atoms with Crippen molar-refractivity contribution in [3.63, 3.8) is 0 Å². The van der Waals surface area contributed by atoms with Crippen molar-refractivity contribution in [3.8, 4) is 0 Å². The number of nitrogens with zero attached hydrogens (tertiary/aromatic N) is 3. The SMILES string of the molecule is CCOC(=O)N1CCN(C(=NC)NCC2(C)CCCC2)CC1. The maximum absolute atomic E-state index is 11.7. The molecule has 1 amide bonds. The lowest BCUT2D eigenvalue weighted by Gasteiger charge is -2.37. The van der Waals surface area contributed by atoms with Crippen LogP contribution in [0.5, 0.6) is 0 Å². The maximum atomic E-state index is 11.7. The first-order valence-electron chi connectivity index (χ1n) is 8.45. The van der Waals surface area contributed by atoms with Gasteiger partial charge in [0.25, 0.3) is 0 Å². The van der Waals surface area contributed by atoms with Crippen LogP contribution in [-0.4, -0.2) is 68.2 Å². The molecule has 1 N–H and O–H groups in total. The number of carbonyl (C=O) groups is 1. The van der Waals surface area contributed by atoms with Gasteiger partial charge in [-0.25, -0.2) is 4.79 Å². The van der Waals surface area contributed by atoms with Gasteiger partial charge in [0.15, 0.2) is 5.96 Å². The van der Waals surface area contributed by atoms with Crippen LogP contribution in [0, 0.1) is 5.41 Å². The van der Waals surface area contributed by atoms with Gasteiger partial charge in [-0.2, -0.15) is 0 Å². The Balaban J connectivity index is 1.79. The summed E-state index contributed by atoms with van der Waals surface area (Å²) in [5, 5.41) is 3.53. The Labute approximate surface area is 133 Å². The predicted molar refractivity (Wildman–Crippen MR) is 88.1 cm³/mol. The molecular formula is C16H30N4O2.